The van der Waals surface area contributed by atoms with Crippen LogP contribution in [0.25, 0.3) is 0 Å². The minimum Gasteiger partial charge on any atom is -0.153 e. The number of para-hydroxylation sites is 1. The first-order valence-electron chi connectivity index (χ1n) is 5.63. The molecule has 0 aliphatic carbocycles. The van der Waals surface area contributed by atoms with Crippen molar-refractivity contribution in [1.29, 1.82) is 0 Å². The Hall–Kier alpha value is 0.360. The number of benzene rings is 1. The number of hydrogen-bond acceptors (Lipinski definition) is 1. The maximum Gasteiger partial charge on any atom is -0.153 e. The van der Waals surface area contributed by atoms with E-state index in [0.717, 1.165) is 5.75 Å². The Balaban J connectivity index is 0. The van der Waals surface area contributed by atoms with Crippen molar-refractivity contribution in [3.8, 4) is 5.75 Å². The van der Waals surface area contributed by atoms with Crippen LogP contribution < -0.4 is 4.52 Å². The smallest absolute Gasteiger partial charge is 0.153 e. The summed E-state index contributed by atoms with van der Waals surface area (Å²) in [4.78, 5) is 0. The van der Waals surface area contributed by atoms with Crippen molar-refractivity contribution in [3.05, 3.63) is 30.3 Å². The Morgan fingerprint density at radius 2 is 1.59 bits per heavy atom. The molecule has 0 N–H and O–H groups in total. The normalized spacial score (nSPS) is 12.1. The molecule has 0 heterocycles. The molecule has 0 aliphatic rings. The molecule has 1 unspecified atom stereocenters. The van der Waals surface area contributed by atoms with Gasteiger partial charge in [0.2, 0.25) is 0 Å². The predicted octanol–water partition coefficient (Wildman–Crippen LogP) is 4.81. The van der Waals surface area contributed by atoms with Crippen molar-refractivity contribution >= 4 is 34.4 Å². The van der Waals surface area contributed by atoms with Gasteiger partial charge in [-0.25, -0.2) is 0 Å². The zero-order chi connectivity index (χ0) is 11.5. The third-order valence-electron chi connectivity index (χ3n) is 3.63. The summed E-state index contributed by atoms with van der Waals surface area (Å²) in [6.07, 6.45) is 1.17. The van der Waals surface area contributed by atoms with Gasteiger partial charge in [-0.05, 0) is 0 Å². The second-order valence-electron chi connectivity index (χ2n) is 5.16. The Morgan fingerprint density at radius 3 is 2.00 bits per heavy atom. The van der Waals surface area contributed by atoms with Crippen LogP contribution >= 0.6 is 34.4 Å². The predicted molar refractivity (Wildman–Crippen MR) is 93.0 cm³/mol. The van der Waals surface area contributed by atoms with Gasteiger partial charge >= 0.3 is 93.8 Å². The molecular weight excluding hydrogens is 314 g/mol. The van der Waals surface area contributed by atoms with Gasteiger partial charge in [0.1, 0.15) is 0 Å². The molecule has 0 aromatic heterocycles. The molecule has 0 spiro atoms. The molecule has 17 heavy (non-hydrogen) atoms. The van der Waals surface area contributed by atoms with Gasteiger partial charge in [0.25, 0.3) is 0 Å². The number of halogens is 1. The van der Waals surface area contributed by atoms with E-state index in [2.05, 4.69) is 34.1 Å². The van der Waals surface area contributed by atoms with Gasteiger partial charge in [0.15, 0.2) is 0 Å². The van der Waals surface area contributed by atoms with Gasteiger partial charge in [0, 0.05) is 0 Å². The first kappa shape index (κ1) is 19.7. The van der Waals surface area contributed by atoms with Crippen molar-refractivity contribution in [1.82, 2.24) is 0 Å². The van der Waals surface area contributed by atoms with E-state index >= 15 is 0 Å². The van der Waals surface area contributed by atoms with E-state index in [1.54, 1.807) is 0 Å². The standard InChI is InChI=1S/C13H23OP.BrH.H3P/c1-6-13(2,3)15(4,5)14-12-10-8-7-9-11-12;;/h7-11,15H,6H2,1-5H3;1H;1H3. The second-order valence-corrected chi connectivity index (χ2v) is 9.74. The molecule has 1 atom stereocenters. The van der Waals surface area contributed by atoms with Crippen molar-refractivity contribution in [3.63, 3.8) is 0 Å². The number of hydrogen-bond donors (Lipinski definition) is 0. The summed E-state index contributed by atoms with van der Waals surface area (Å²) in [6.45, 7) is 11.4. The molecule has 0 radical (unpaired) electrons. The zero-order valence-corrected chi connectivity index (χ0v) is 15.7. The SMILES string of the molecule is Br.CCC(C)(C)[PH](C)(C)Oc1ccccc1.P. The third-order valence-corrected chi connectivity index (χ3v) is 7.99. The molecule has 0 amide bonds. The summed E-state index contributed by atoms with van der Waals surface area (Å²) in [5.41, 5.74) is 0. The maximum absolute atomic E-state index is 6.20. The molecule has 0 bridgehead atoms. The molecule has 0 aliphatic heterocycles. The average Bonchev–Trinajstić information content (AvgIpc) is 2.18. The average molecular weight is 341 g/mol. The van der Waals surface area contributed by atoms with Crippen LogP contribution in [-0.2, 0) is 0 Å². The number of rotatable bonds is 4. The van der Waals surface area contributed by atoms with Crippen LogP contribution in [0.3, 0.4) is 0 Å². The molecule has 102 valence electrons. The van der Waals surface area contributed by atoms with Crippen LogP contribution in [0, 0.1) is 0 Å². The summed E-state index contributed by atoms with van der Waals surface area (Å²) in [7, 11) is -1.67. The molecule has 1 nitrogen and oxygen atoms in total. The van der Waals surface area contributed by atoms with Crippen molar-refractivity contribution < 1.29 is 4.52 Å². The van der Waals surface area contributed by atoms with E-state index in [1.807, 2.05) is 30.3 Å². The van der Waals surface area contributed by atoms with Crippen LogP contribution in [-0.4, -0.2) is 18.5 Å². The quantitative estimate of drug-likeness (QED) is 0.714. The monoisotopic (exact) mass is 340 g/mol. The second kappa shape index (κ2) is 7.72. The third kappa shape index (κ3) is 5.25. The fourth-order valence-corrected chi connectivity index (χ4v) is 3.20. The molecular formula is C13H27BrOP2. The van der Waals surface area contributed by atoms with Gasteiger partial charge in [0.05, 0.1) is 0 Å². The van der Waals surface area contributed by atoms with Crippen molar-refractivity contribution in [2.75, 3.05) is 13.3 Å². The molecule has 1 aromatic carbocycles. The Labute approximate surface area is 121 Å². The van der Waals surface area contributed by atoms with E-state index < -0.39 is 7.49 Å². The summed E-state index contributed by atoms with van der Waals surface area (Å²) >= 11 is 0. The van der Waals surface area contributed by atoms with Crippen molar-refractivity contribution in [2.24, 2.45) is 0 Å². The summed E-state index contributed by atoms with van der Waals surface area (Å²) in [5, 5.41) is 0.308. The molecule has 0 saturated heterocycles. The molecule has 0 fully saturated rings. The van der Waals surface area contributed by atoms with Gasteiger partial charge < -0.3 is 0 Å². The minimum atomic E-state index is -1.67. The van der Waals surface area contributed by atoms with Crippen LogP contribution in [0.4, 0.5) is 0 Å². The summed E-state index contributed by atoms with van der Waals surface area (Å²) in [5.74, 6) is 1.01. The van der Waals surface area contributed by atoms with Gasteiger partial charge in [-0.1, -0.05) is 0 Å². The van der Waals surface area contributed by atoms with E-state index in [4.69, 9.17) is 4.52 Å². The minimum absolute atomic E-state index is 0. The fraction of sp³-hybridized carbons (Fsp3) is 0.538. The van der Waals surface area contributed by atoms with Gasteiger partial charge in [-0.3, -0.25) is 0 Å². The van der Waals surface area contributed by atoms with E-state index in [9.17, 15) is 0 Å². The molecule has 4 heteroatoms. The summed E-state index contributed by atoms with van der Waals surface area (Å²) in [6, 6.07) is 10.2. The topological polar surface area (TPSA) is 9.23 Å². The summed E-state index contributed by atoms with van der Waals surface area (Å²) < 4.78 is 6.20. The molecule has 1 rings (SSSR count). The Bertz CT molecular complexity index is 312. The first-order chi connectivity index (χ1) is 6.89. The fourth-order valence-electron chi connectivity index (χ4n) is 1.35. The maximum atomic E-state index is 6.20. The van der Waals surface area contributed by atoms with E-state index in [1.165, 1.54) is 6.42 Å². The van der Waals surface area contributed by atoms with Crippen LogP contribution in [0.2, 0.25) is 0 Å². The zero-order valence-electron chi connectivity index (χ0n) is 11.6. The van der Waals surface area contributed by atoms with Crippen LogP contribution in [0.15, 0.2) is 30.3 Å². The van der Waals surface area contributed by atoms with Crippen LogP contribution in [0.5, 0.6) is 5.75 Å². The van der Waals surface area contributed by atoms with Crippen LogP contribution in [0.1, 0.15) is 27.2 Å². The van der Waals surface area contributed by atoms with Gasteiger partial charge in [-0.15, -0.1) is 17.0 Å². The first-order valence-corrected chi connectivity index (χ1v) is 8.54. The largest absolute Gasteiger partial charge is 0.153 e. The van der Waals surface area contributed by atoms with Gasteiger partial charge in [-0.2, -0.15) is 9.90 Å². The van der Waals surface area contributed by atoms with E-state index in [-0.39, 0.29) is 26.9 Å². The van der Waals surface area contributed by atoms with E-state index in [0.29, 0.717) is 5.16 Å². The molecule has 1 aromatic rings. The Morgan fingerprint density at radius 1 is 1.12 bits per heavy atom. The van der Waals surface area contributed by atoms with Crippen molar-refractivity contribution in [2.45, 2.75) is 32.3 Å². The molecule has 0 saturated carbocycles. The Kier molecular flexibility index (Phi) is 8.94.